The molecule has 9 nitrogen and oxygen atoms in total. The van der Waals surface area contributed by atoms with Crippen molar-refractivity contribution in [3.05, 3.63) is 114 Å². The maximum Gasteiger partial charge on any atom is 0.343 e. The second-order valence-electron chi connectivity index (χ2n) is 7.60. The molecule has 186 valence electrons. The molecule has 0 saturated heterocycles. The lowest BCUT2D eigenvalue weighted by molar-refractivity contribution is 0.0728. The molecule has 0 aliphatic carbocycles. The van der Waals surface area contributed by atoms with Crippen molar-refractivity contribution >= 4 is 29.7 Å². The minimum atomic E-state index is -0.498. The molecule has 1 aromatic heterocycles. The Morgan fingerprint density at radius 3 is 2.35 bits per heavy atom. The van der Waals surface area contributed by atoms with E-state index in [-0.39, 0.29) is 17.4 Å². The van der Waals surface area contributed by atoms with Crippen molar-refractivity contribution < 1.29 is 28.3 Å². The summed E-state index contributed by atoms with van der Waals surface area (Å²) in [5, 5.41) is 6.67. The number of ether oxygens (including phenoxy) is 2. The molecule has 0 unspecified atom stereocenters. The molecule has 4 aromatic rings. The first kappa shape index (κ1) is 24.9. The van der Waals surface area contributed by atoms with E-state index in [4.69, 9.17) is 13.9 Å². The van der Waals surface area contributed by atoms with Gasteiger partial charge in [0.2, 0.25) is 0 Å². The van der Waals surface area contributed by atoms with E-state index in [2.05, 4.69) is 15.8 Å². The highest BCUT2D eigenvalue weighted by Gasteiger charge is 2.13. The molecule has 0 spiro atoms. The summed E-state index contributed by atoms with van der Waals surface area (Å²) < 4.78 is 16.1. The molecule has 0 aliphatic heterocycles. The zero-order valence-electron chi connectivity index (χ0n) is 19.8. The molecule has 0 atom stereocenters. The van der Waals surface area contributed by atoms with Crippen LogP contribution in [0.15, 0.2) is 101 Å². The molecular formula is C28H23N3O6. The van der Waals surface area contributed by atoms with Gasteiger partial charge in [-0.25, -0.2) is 10.2 Å². The van der Waals surface area contributed by atoms with E-state index in [1.54, 1.807) is 78.9 Å². The van der Waals surface area contributed by atoms with Gasteiger partial charge in [-0.2, -0.15) is 5.10 Å². The van der Waals surface area contributed by atoms with E-state index in [1.165, 1.54) is 12.5 Å². The summed E-state index contributed by atoms with van der Waals surface area (Å²) in [4.78, 5) is 36.9. The predicted octanol–water partition coefficient (Wildman–Crippen LogP) is 4.91. The fourth-order valence-electron chi connectivity index (χ4n) is 3.23. The Labute approximate surface area is 212 Å². The number of hydrogen-bond acceptors (Lipinski definition) is 7. The van der Waals surface area contributed by atoms with Gasteiger partial charge < -0.3 is 19.2 Å². The van der Waals surface area contributed by atoms with Gasteiger partial charge in [0.1, 0.15) is 0 Å². The summed E-state index contributed by atoms with van der Waals surface area (Å²) in [6.07, 6.45) is 2.86. The van der Waals surface area contributed by atoms with Crippen LogP contribution in [0.1, 0.15) is 43.8 Å². The molecule has 2 amide bonds. The molecule has 0 saturated carbocycles. The number of anilines is 1. The highest BCUT2D eigenvalue weighted by atomic mass is 16.6. The number of nitrogens with zero attached hydrogens (tertiary/aromatic N) is 1. The van der Waals surface area contributed by atoms with Gasteiger partial charge in [0.15, 0.2) is 17.3 Å². The molecule has 4 rings (SSSR count). The van der Waals surface area contributed by atoms with Crippen LogP contribution in [0.4, 0.5) is 5.69 Å². The van der Waals surface area contributed by atoms with E-state index in [0.29, 0.717) is 34.7 Å². The van der Waals surface area contributed by atoms with Crippen LogP contribution in [0.25, 0.3) is 0 Å². The van der Waals surface area contributed by atoms with Gasteiger partial charge in [0, 0.05) is 11.3 Å². The van der Waals surface area contributed by atoms with Gasteiger partial charge >= 0.3 is 5.97 Å². The fourth-order valence-corrected chi connectivity index (χ4v) is 3.23. The highest BCUT2D eigenvalue weighted by molar-refractivity contribution is 6.02. The number of furan rings is 1. The monoisotopic (exact) mass is 497 g/mol. The van der Waals surface area contributed by atoms with Crippen molar-refractivity contribution in [2.75, 3.05) is 11.9 Å². The summed E-state index contributed by atoms with van der Waals surface area (Å²) in [5.74, 6) is -0.490. The van der Waals surface area contributed by atoms with Crippen LogP contribution < -0.4 is 20.2 Å². The number of carbonyl (C=O) groups is 3. The van der Waals surface area contributed by atoms with Crippen molar-refractivity contribution in [1.82, 2.24) is 5.43 Å². The van der Waals surface area contributed by atoms with Crippen molar-refractivity contribution in [2.24, 2.45) is 5.10 Å². The lowest BCUT2D eigenvalue weighted by Crippen LogP contribution is -2.17. The standard InChI is InChI=1S/C28H23N3O6/c1-2-35-25-17-19(10-15-23(25)37-28(34)21-7-4-3-5-8-21)18-29-31-26(32)20-11-13-22(14-12-20)30-27(33)24-9-6-16-36-24/h3-18H,2H2,1H3,(H,30,33)(H,31,32)/b29-18-. The summed E-state index contributed by atoms with van der Waals surface area (Å²) in [6.45, 7) is 2.18. The van der Waals surface area contributed by atoms with Gasteiger partial charge in [0.05, 0.1) is 24.6 Å². The Balaban J connectivity index is 1.36. The lowest BCUT2D eigenvalue weighted by atomic mass is 10.2. The van der Waals surface area contributed by atoms with Crippen LogP contribution in [0.5, 0.6) is 11.5 Å². The van der Waals surface area contributed by atoms with Gasteiger partial charge in [-0.1, -0.05) is 18.2 Å². The predicted molar refractivity (Wildman–Crippen MR) is 137 cm³/mol. The van der Waals surface area contributed by atoms with Crippen molar-refractivity contribution in [3.8, 4) is 11.5 Å². The maximum atomic E-state index is 12.4. The van der Waals surface area contributed by atoms with E-state index in [1.807, 2.05) is 13.0 Å². The Morgan fingerprint density at radius 1 is 0.865 bits per heavy atom. The molecule has 0 aliphatic rings. The van der Waals surface area contributed by atoms with E-state index < -0.39 is 11.9 Å². The lowest BCUT2D eigenvalue weighted by Gasteiger charge is -2.11. The van der Waals surface area contributed by atoms with Crippen LogP contribution in [0.2, 0.25) is 0 Å². The minimum Gasteiger partial charge on any atom is -0.490 e. The molecule has 3 aromatic carbocycles. The van der Waals surface area contributed by atoms with Crippen LogP contribution in [-0.4, -0.2) is 30.6 Å². The molecule has 1 heterocycles. The molecular weight excluding hydrogens is 474 g/mol. The van der Waals surface area contributed by atoms with Crippen LogP contribution >= 0.6 is 0 Å². The van der Waals surface area contributed by atoms with Crippen LogP contribution in [0.3, 0.4) is 0 Å². The number of nitrogens with one attached hydrogen (secondary N) is 2. The first-order valence-corrected chi connectivity index (χ1v) is 11.4. The van der Waals surface area contributed by atoms with Crippen LogP contribution in [0, 0.1) is 0 Å². The summed E-state index contributed by atoms with van der Waals surface area (Å²) in [6, 6.07) is 23.1. The average molecular weight is 498 g/mol. The molecule has 0 bridgehead atoms. The number of benzene rings is 3. The number of esters is 1. The summed E-state index contributed by atoms with van der Waals surface area (Å²) in [5.41, 5.74) is 4.36. The normalized spacial score (nSPS) is 10.6. The third-order valence-electron chi connectivity index (χ3n) is 5.01. The number of hydrogen-bond donors (Lipinski definition) is 2. The quantitative estimate of drug-likeness (QED) is 0.147. The third kappa shape index (κ3) is 6.70. The zero-order valence-corrected chi connectivity index (χ0v) is 19.8. The molecule has 37 heavy (non-hydrogen) atoms. The fraction of sp³-hybridized carbons (Fsp3) is 0.0714. The van der Waals surface area contributed by atoms with Gasteiger partial charge in [0.25, 0.3) is 11.8 Å². The number of hydrazone groups is 1. The topological polar surface area (TPSA) is 119 Å². The first-order valence-electron chi connectivity index (χ1n) is 11.4. The maximum absolute atomic E-state index is 12.4. The number of rotatable bonds is 9. The molecule has 2 N–H and O–H groups in total. The molecule has 0 fully saturated rings. The zero-order chi connectivity index (χ0) is 26.0. The summed E-state index contributed by atoms with van der Waals surface area (Å²) in [7, 11) is 0. The largest absolute Gasteiger partial charge is 0.490 e. The van der Waals surface area contributed by atoms with Gasteiger partial charge in [-0.05, 0) is 79.2 Å². The Kier molecular flexibility index (Phi) is 8.07. The van der Waals surface area contributed by atoms with Gasteiger partial charge in [-0.3, -0.25) is 9.59 Å². The third-order valence-corrected chi connectivity index (χ3v) is 5.01. The van der Waals surface area contributed by atoms with E-state index in [0.717, 1.165) is 0 Å². The number of amides is 2. The van der Waals surface area contributed by atoms with Crippen molar-refractivity contribution in [1.29, 1.82) is 0 Å². The molecule has 9 heteroatoms. The minimum absolute atomic E-state index is 0.186. The van der Waals surface area contributed by atoms with Gasteiger partial charge in [-0.15, -0.1) is 0 Å². The Bertz CT molecular complexity index is 1400. The second kappa shape index (κ2) is 12.0. The molecule has 0 radical (unpaired) electrons. The van der Waals surface area contributed by atoms with E-state index in [9.17, 15) is 14.4 Å². The first-order chi connectivity index (χ1) is 18.0. The second-order valence-corrected chi connectivity index (χ2v) is 7.60. The van der Waals surface area contributed by atoms with Crippen LogP contribution in [-0.2, 0) is 0 Å². The average Bonchev–Trinajstić information content (AvgIpc) is 3.46. The highest BCUT2D eigenvalue weighted by Crippen LogP contribution is 2.29. The Hall–Kier alpha value is -5.18. The number of carbonyl (C=O) groups excluding carboxylic acids is 3. The van der Waals surface area contributed by atoms with Crippen molar-refractivity contribution in [3.63, 3.8) is 0 Å². The van der Waals surface area contributed by atoms with E-state index >= 15 is 0 Å². The summed E-state index contributed by atoms with van der Waals surface area (Å²) >= 11 is 0. The smallest absolute Gasteiger partial charge is 0.343 e. The Morgan fingerprint density at radius 2 is 1.65 bits per heavy atom. The SMILES string of the molecule is CCOc1cc(/C=N\NC(=O)c2ccc(NC(=O)c3ccco3)cc2)ccc1OC(=O)c1ccccc1. The van der Waals surface area contributed by atoms with Crippen molar-refractivity contribution in [2.45, 2.75) is 6.92 Å².